The van der Waals surface area contributed by atoms with E-state index in [1.165, 1.54) is 24.3 Å². The van der Waals surface area contributed by atoms with Gasteiger partial charge in [-0.2, -0.15) is 0 Å². The molecular weight excluding hydrogens is 252 g/mol. The number of nitrogens with zero attached hydrogens (tertiary/aromatic N) is 1. The molecule has 0 saturated carbocycles. The minimum atomic E-state index is -1.12. The van der Waals surface area contributed by atoms with Crippen LogP contribution in [0.5, 0.6) is 0 Å². The number of non-ortho nitro benzene ring substituents is 1. The van der Waals surface area contributed by atoms with Gasteiger partial charge in [-0.05, 0) is 17.7 Å². The van der Waals surface area contributed by atoms with E-state index >= 15 is 0 Å². The van der Waals surface area contributed by atoms with Crippen molar-refractivity contribution in [2.24, 2.45) is 0 Å². The molecule has 104 valence electrons. The zero-order valence-corrected chi connectivity index (χ0v) is 10.4. The first-order valence-electron chi connectivity index (χ1n) is 5.82. The third-order valence-electron chi connectivity index (χ3n) is 2.69. The molecular formula is C12H16N2O5. The molecule has 7 heteroatoms. The lowest BCUT2D eigenvalue weighted by molar-refractivity contribution is -0.384. The summed E-state index contributed by atoms with van der Waals surface area (Å²) < 4.78 is 0. The van der Waals surface area contributed by atoms with Crippen LogP contribution in [-0.2, 0) is 4.79 Å². The van der Waals surface area contributed by atoms with Crippen LogP contribution in [0.1, 0.15) is 25.0 Å². The predicted octanol–water partition coefficient (Wildman–Crippen LogP) is 0.515. The van der Waals surface area contributed by atoms with Crippen molar-refractivity contribution in [2.45, 2.75) is 25.5 Å². The molecule has 0 aliphatic rings. The number of rotatable bonds is 6. The summed E-state index contributed by atoms with van der Waals surface area (Å²) >= 11 is 0. The van der Waals surface area contributed by atoms with Crippen molar-refractivity contribution in [2.75, 3.05) is 6.61 Å². The second kappa shape index (κ2) is 6.81. The summed E-state index contributed by atoms with van der Waals surface area (Å²) in [6.45, 7) is 1.23. The van der Waals surface area contributed by atoms with Crippen LogP contribution in [0.15, 0.2) is 24.3 Å². The fourth-order valence-corrected chi connectivity index (χ4v) is 1.56. The van der Waals surface area contributed by atoms with Crippen LogP contribution >= 0.6 is 0 Å². The van der Waals surface area contributed by atoms with Gasteiger partial charge in [-0.1, -0.05) is 6.92 Å². The van der Waals surface area contributed by atoms with Crippen LogP contribution in [0.2, 0.25) is 0 Å². The van der Waals surface area contributed by atoms with Gasteiger partial charge in [0.15, 0.2) is 0 Å². The van der Waals surface area contributed by atoms with Crippen LogP contribution in [0.25, 0.3) is 0 Å². The van der Waals surface area contributed by atoms with Crippen molar-refractivity contribution in [1.29, 1.82) is 0 Å². The number of aliphatic hydroxyl groups is 2. The number of carbonyl (C=O) groups excluding carboxylic acids is 1. The van der Waals surface area contributed by atoms with Crippen LogP contribution < -0.4 is 5.32 Å². The normalized spacial score (nSPS) is 13.6. The maximum absolute atomic E-state index is 11.2. The topological polar surface area (TPSA) is 113 Å². The van der Waals surface area contributed by atoms with E-state index in [4.69, 9.17) is 5.11 Å². The Morgan fingerprint density at radius 2 is 2.00 bits per heavy atom. The maximum Gasteiger partial charge on any atom is 0.269 e. The Kier molecular flexibility index (Phi) is 5.40. The summed E-state index contributed by atoms with van der Waals surface area (Å²) in [5.74, 6) is -0.292. The number of aliphatic hydroxyl groups excluding tert-OH is 2. The third-order valence-corrected chi connectivity index (χ3v) is 2.69. The number of nitrogens with one attached hydrogen (secondary N) is 1. The Hall–Kier alpha value is -1.99. The van der Waals surface area contributed by atoms with Gasteiger partial charge in [0.25, 0.3) is 5.69 Å². The van der Waals surface area contributed by atoms with Crippen molar-refractivity contribution in [3.05, 3.63) is 39.9 Å². The summed E-state index contributed by atoms with van der Waals surface area (Å²) in [5.41, 5.74) is 0.301. The third kappa shape index (κ3) is 4.01. The summed E-state index contributed by atoms with van der Waals surface area (Å²) in [5, 5.41) is 32.2. The monoisotopic (exact) mass is 268 g/mol. The van der Waals surface area contributed by atoms with Gasteiger partial charge in [0.1, 0.15) is 6.10 Å². The molecule has 0 saturated heterocycles. The molecule has 7 nitrogen and oxygen atoms in total. The van der Waals surface area contributed by atoms with Crippen molar-refractivity contribution in [3.8, 4) is 0 Å². The summed E-state index contributed by atoms with van der Waals surface area (Å²) in [7, 11) is 0. The summed E-state index contributed by atoms with van der Waals surface area (Å²) in [6.07, 6.45) is -0.884. The Morgan fingerprint density at radius 3 is 2.42 bits per heavy atom. The van der Waals surface area contributed by atoms with Crippen molar-refractivity contribution in [1.82, 2.24) is 5.32 Å². The van der Waals surface area contributed by atoms with Crippen molar-refractivity contribution in [3.63, 3.8) is 0 Å². The molecule has 0 heterocycles. The van der Waals surface area contributed by atoms with Gasteiger partial charge in [0, 0.05) is 18.6 Å². The van der Waals surface area contributed by atoms with E-state index in [1.54, 1.807) is 6.92 Å². The van der Waals surface area contributed by atoms with Crippen LogP contribution in [-0.4, -0.2) is 33.7 Å². The summed E-state index contributed by atoms with van der Waals surface area (Å²) in [6, 6.07) is 4.46. The highest BCUT2D eigenvalue weighted by molar-refractivity contribution is 5.75. The van der Waals surface area contributed by atoms with Crippen molar-refractivity contribution < 1.29 is 19.9 Å². The first-order valence-corrected chi connectivity index (χ1v) is 5.82. The number of benzene rings is 1. The maximum atomic E-state index is 11.2. The summed E-state index contributed by atoms with van der Waals surface area (Å²) in [4.78, 5) is 21.2. The average Bonchev–Trinajstić information content (AvgIpc) is 2.43. The number of amides is 1. The molecule has 0 spiro atoms. The number of hydrogen-bond acceptors (Lipinski definition) is 5. The number of carbonyl (C=O) groups is 1. The Bertz CT molecular complexity index is 446. The minimum Gasteiger partial charge on any atom is -0.394 e. The molecule has 1 aromatic rings. The van der Waals surface area contributed by atoms with E-state index in [9.17, 15) is 20.0 Å². The molecule has 1 rings (SSSR count). The minimum absolute atomic E-state index is 0.0888. The van der Waals surface area contributed by atoms with Gasteiger partial charge in [-0.3, -0.25) is 14.9 Å². The molecule has 0 aliphatic heterocycles. The molecule has 1 amide bonds. The van der Waals surface area contributed by atoms with Crippen LogP contribution in [0.4, 0.5) is 5.69 Å². The van der Waals surface area contributed by atoms with Gasteiger partial charge in [-0.25, -0.2) is 0 Å². The highest BCUT2D eigenvalue weighted by Gasteiger charge is 2.22. The van der Waals surface area contributed by atoms with Gasteiger partial charge >= 0.3 is 0 Å². The molecule has 0 radical (unpaired) electrons. The van der Waals surface area contributed by atoms with E-state index in [1.807, 2.05) is 0 Å². The zero-order chi connectivity index (χ0) is 14.4. The van der Waals surface area contributed by atoms with E-state index < -0.39 is 23.7 Å². The predicted molar refractivity (Wildman–Crippen MR) is 67.4 cm³/mol. The molecule has 0 aliphatic carbocycles. The second-order valence-corrected chi connectivity index (χ2v) is 4.00. The Balaban J connectivity index is 2.81. The molecule has 2 atom stereocenters. The quantitative estimate of drug-likeness (QED) is 0.514. The fourth-order valence-electron chi connectivity index (χ4n) is 1.56. The standard InChI is InChI=1S/C12H16N2O5/c1-2-11(16)13-10(7-15)12(17)8-3-5-9(6-4-8)14(18)19/h3-6,10,12,15,17H,2,7H2,1H3,(H,13,16)/t10-,12-/m1/s1. The highest BCUT2D eigenvalue weighted by Crippen LogP contribution is 2.20. The van der Waals surface area contributed by atoms with E-state index in [-0.39, 0.29) is 18.0 Å². The van der Waals surface area contributed by atoms with E-state index in [0.717, 1.165) is 0 Å². The van der Waals surface area contributed by atoms with E-state index in [0.29, 0.717) is 5.56 Å². The molecule has 0 unspecified atom stereocenters. The highest BCUT2D eigenvalue weighted by atomic mass is 16.6. The number of nitro benzene ring substituents is 1. The Labute approximate surface area is 110 Å². The van der Waals surface area contributed by atoms with Gasteiger partial charge in [0.2, 0.25) is 5.91 Å². The molecule has 19 heavy (non-hydrogen) atoms. The molecule has 0 bridgehead atoms. The fraction of sp³-hybridized carbons (Fsp3) is 0.417. The zero-order valence-electron chi connectivity index (χ0n) is 10.4. The lowest BCUT2D eigenvalue weighted by Crippen LogP contribution is -2.41. The lowest BCUT2D eigenvalue weighted by Gasteiger charge is -2.22. The SMILES string of the molecule is CCC(=O)N[C@H](CO)[C@H](O)c1ccc([N+](=O)[O-])cc1. The van der Waals surface area contributed by atoms with Gasteiger partial charge in [0.05, 0.1) is 17.6 Å². The lowest BCUT2D eigenvalue weighted by atomic mass is 10.0. The number of nitro groups is 1. The van der Waals surface area contributed by atoms with Gasteiger partial charge in [-0.15, -0.1) is 0 Å². The van der Waals surface area contributed by atoms with Crippen LogP contribution in [0, 0.1) is 10.1 Å². The average molecular weight is 268 g/mol. The molecule has 3 N–H and O–H groups in total. The first-order chi connectivity index (χ1) is 8.99. The van der Waals surface area contributed by atoms with Gasteiger partial charge < -0.3 is 15.5 Å². The van der Waals surface area contributed by atoms with Crippen molar-refractivity contribution >= 4 is 11.6 Å². The Morgan fingerprint density at radius 1 is 1.42 bits per heavy atom. The largest absolute Gasteiger partial charge is 0.394 e. The van der Waals surface area contributed by atoms with Crippen LogP contribution in [0.3, 0.4) is 0 Å². The first kappa shape index (κ1) is 15.1. The van der Waals surface area contributed by atoms with E-state index in [2.05, 4.69) is 5.32 Å². The molecule has 1 aromatic carbocycles. The second-order valence-electron chi connectivity index (χ2n) is 4.00. The smallest absolute Gasteiger partial charge is 0.269 e. The molecule has 0 fully saturated rings. The molecule has 0 aromatic heterocycles. The number of hydrogen-bond donors (Lipinski definition) is 3.